The van der Waals surface area contributed by atoms with Gasteiger partial charge in [0.05, 0.1) is 5.56 Å². The second kappa shape index (κ2) is 8.42. The van der Waals surface area contributed by atoms with Crippen molar-refractivity contribution in [2.24, 2.45) is 0 Å². The van der Waals surface area contributed by atoms with Crippen molar-refractivity contribution in [1.82, 2.24) is 0 Å². The molecule has 0 aliphatic carbocycles. The minimum atomic E-state index is -0.513. The number of hydrogen-bond acceptors (Lipinski definition) is 3. The van der Waals surface area contributed by atoms with E-state index in [1.807, 2.05) is 32.0 Å². The number of nitrogens with one attached hydrogen (secondary N) is 1. The highest BCUT2D eigenvalue weighted by Crippen LogP contribution is 2.23. The summed E-state index contributed by atoms with van der Waals surface area (Å²) in [5.74, 6) is -0.865. The zero-order valence-electron chi connectivity index (χ0n) is 14.7. The maximum Gasteiger partial charge on any atom is 0.262 e. The zero-order chi connectivity index (χ0) is 18.4. The lowest BCUT2D eigenvalue weighted by atomic mass is 10.1. The molecule has 5 heteroatoms. The number of hydrogen-bond donors (Lipinski definition) is 1. The van der Waals surface area contributed by atoms with E-state index in [0.29, 0.717) is 0 Å². The second-order valence-corrected chi connectivity index (χ2v) is 5.72. The summed E-state index contributed by atoms with van der Waals surface area (Å²) in [5, 5.41) is 2.85. The van der Waals surface area contributed by atoms with Crippen LogP contribution in [0.2, 0.25) is 0 Å². The lowest BCUT2D eigenvalue weighted by Crippen LogP contribution is -2.22. The summed E-state index contributed by atoms with van der Waals surface area (Å²) in [4.78, 5) is 24.1. The molecule has 0 saturated carbocycles. The summed E-state index contributed by atoms with van der Waals surface area (Å²) in [6.45, 7) is 5.37. The molecule has 0 saturated heterocycles. The molecule has 0 fully saturated rings. The van der Waals surface area contributed by atoms with E-state index in [4.69, 9.17) is 4.74 Å². The Hall–Kier alpha value is -2.69. The average Bonchev–Trinajstić information content (AvgIpc) is 2.61. The van der Waals surface area contributed by atoms with Gasteiger partial charge in [0.15, 0.2) is 12.4 Å². The fourth-order valence-electron chi connectivity index (χ4n) is 2.56. The highest BCUT2D eigenvalue weighted by atomic mass is 19.1. The van der Waals surface area contributed by atoms with Gasteiger partial charge >= 0.3 is 0 Å². The number of amides is 1. The van der Waals surface area contributed by atoms with E-state index in [0.717, 1.165) is 29.3 Å². The molecule has 0 spiro atoms. The van der Waals surface area contributed by atoms with Crippen LogP contribution < -0.4 is 10.1 Å². The number of carbonyl (C=O) groups excluding carboxylic acids is 2. The molecule has 0 atom stereocenters. The van der Waals surface area contributed by atoms with Crippen LogP contribution >= 0.6 is 0 Å². The smallest absolute Gasteiger partial charge is 0.262 e. The molecule has 0 radical (unpaired) electrons. The lowest BCUT2D eigenvalue weighted by molar-refractivity contribution is -0.118. The molecule has 2 aromatic carbocycles. The van der Waals surface area contributed by atoms with Crippen LogP contribution in [0.4, 0.5) is 10.1 Å². The highest BCUT2D eigenvalue weighted by Gasteiger charge is 2.14. The normalized spacial score (nSPS) is 10.4. The van der Waals surface area contributed by atoms with Crippen molar-refractivity contribution < 1.29 is 18.7 Å². The van der Waals surface area contributed by atoms with Crippen molar-refractivity contribution in [3.8, 4) is 5.75 Å². The number of ether oxygens (including phenoxy) is 1. The van der Waals surface area contributed by atoms with Crippen LogP contribution in [-0.2, 0) is 11.2 Å². The molecule has 0 bridgehead atoms. The predicted molar refractivity (Wildman–Crippen MR) is 95.7 cm³/mol. The lowest BCUT2D eigenvalue weighted by Gasteiger charge is -2.14. The molecule has 2 aromatic rings. The third-order valence-corrected chi connectivity index (χ3v) is 3.93. The maximum absolute atomic E-state index is 13.4. The van der Waals surface area contributed by atoms with Crippen molar-refractivity contribution >= 4 is 17.4 Å². The minimum absolute atomic E-state index is 0.153. The Morgan fingerprint density at radius 2 is 1.92 bits per heavy atom. The number of para-hydroxylation sites is 1. The van der Waals surface area contributed by atoms with Gasteiger partial charge in [0.25, 0.3) is 5.91 Å². The van der Waals surface area contributed by atoms with Gasteiger partial charge in [-0.15, -0.1) is 0 Å². The number of aryl methyl sites for hydroxylation is 2. The van der Waals surface area contributed by atoms with Crippen molar-refractivity contribution in [3.05, 3.63) is 58.9 Å². The van der Waals surface area contributed by atoms with Crippen LogP contribution in [-0.4, -0.2) is 18.3 Å². The van der Waals surface area contributed by atoms with Crippen molar-refractivity contribution in [1.29, 1.82) is 0 Å². The Morgan fingerprint density at radius 3 is 2.60 bits per heavy atom. The van der Waals surface area contributed by atoms with Gasteiger partial charge in [-0.25, -0.2) is 4.39 Å². The van der Waals surface area contributed by atoms with Gasteiger partial charge < -0.3 is 10.1 Å². The summed E-state index contributed by atoms with van der Waals surface area (Å²) in [7, 11) is 0. The Labute approximate surface area is 147 Å². The molecule has 1 N–H and O–H groups in total. The van der Waals surface area contributed by atoms with Crippen LogP contribution in [0.15, 0.2) is 36.4 Å². The molecule has 0 aliphatic heterocycles. The van der Waals surface area contributed by atoms with Crippen LogP contribution in [0.3, 0.4) is 0 Å². The molecule has 2 rings (SSSR count). The largest absolute Gasteiger partial charge is 0.483 e. The molecule has 0 unspecified atom stereocenters. The number of ketones is 1. The number of Topliss-reactive ketones (excluding diaryl/α,β-unsaturated/α-hetero) is 1. The molecule has 25 heavy (non-hydrogen) atoms. The number of carbonyl (C=O) groups is 2. The SMILES string of the molecule is CCC(=O)c1cc(F)ccc1OCC(=O)Nc1c(C)cccc1CC. The Bertz CT molecular complexity index is 787. The topological polar surface area (TPSA) is 55.4 Å². The first-order valence-electron chi connectivity index (χ1n) is 8.30. The monoisotopic (exact) mass is 343 g/mol. The van der Waals surface area contributed by atoms with Gasteiger partial charge in [-0.3, -0.25) is 9.59 Å². The third-order valence-electron chi connectivity index (χ3n) is 3.93. The van der Waals surface area contributed by atoms with E-state index in [1.54, 1.807) is 6.92 Å². The summed E-state index contributed by atoms with van der Waals surface area (Å²) in [5.41, 5.74) is 2.94. The first-order chi connectivity index (χ1) is 12.0. The van der Waals surface area contributed by atoms with Crippen LogP contribution in [0.1, 0.15) is 41.8 Å². The van der Waals surface area contributed by atoms with Gasteiger partial charge in [0.1, 0.15) is 11.6 Å². The van der Waals surface area contributed by atoms with E-state index in [9.17, 15) is 14.0 Å². The van der Waals surface area contributed by atoms with Gasteiger partial charge in [-0.1, -0.05) is 32.0 Å². The van der Waals surface area contributed by atoms with E-state index >= 15 is 0 Å². The van der Waals surface area contributed by atoms with Crippen LogP contribution in [0.25, 0.3) is 0 Å². The van der Waals surface area contributed by atoms with Gasteiger partial charge in [0, 0.05) is 12.1 Å². The molecular formula is C20H22FNO3. The molecular weight excluding hydrogens is 321 g/mol. The van der Waals surface area contributed by atoms with Crippen LogP contribution in [0.5, 0.6) is 5.75 Å². The highest BCUT2D eigenvalue weighted by molar-refractivity contribution is 5.99. The van der Waals surface area contributed by atoms with E-state index in [1.165, 1.54) is 12.1 Å². The zero-order valence-corrected chi connectivity index (χ0v) is 14.7. The van der Waals surface area contributed by atoms with Crippen molar-refractivity contribution in [2.75, 3.05) is 11.9 Å². The Morgan fingerprint density at radius 1 is 1.16 bits per heavy atom. The van der Waals surface area contributed by atoms with E-state index in [2.05, 4.69) is 5.32 Å². The van der Waals surface area contributed by atoms with Crippen LogP contribution in [0, 0.1) is 12.7 Å². The summed E-state index contributed by atoms with van der Waals surface area (Å²) in [6, 6.07) is 9.54. The minimum Gasteiger partial charge on any atom is -0.483 e. The molecule has 132 valence electrons. The fraction of sp³-hybridized carbons (Fsp3) is 0.300. The number of benzene rings is 2. The first-order valence-corrected chi connectivity index (χ1v) is 8.30. The predicted octanol–water partition coefficient (Wildman–Crippen LogP) is 4.31. The summed E-state index contributed by atoms with van der Waals surface area (Å²) >= 11 is 0. The third kappa shape index (κ3) is 4.66. The van der Waals surface area contributed by atoms with E-state index < -0.39 is 5.82 Å². The average molecular weight is 343 g/mol. The maximum atomic E-state index is 13.4. The van der Waals surface area contributed by atoms with Crippen molar-refractivity contribution in [3.63, 3.8) is 0 Å². The number of rotatable bonds is 7. The fourth-order valence-corrected chi connectivity index (χ4v) is 2.56. The number of anilines is 1. The Kier molecular flexibility index (Phi) is 6.28. The molecule has 0 heterocycles. The molecule has 0 aliphatic rings. The quantitative estimate of drug-likeness (QED) is 0.762. The van der Waals surface area contributed by atoms with Gasteiger partial charge in [0.2, 0.25) is 0 Å². The van der Waals surface area contributed by atoms with Gasteiger partial charge in [-0.2, -0.15) is 0 Å². The molecule has 0 aromatic heterocycles. The Balaban J connectivity index is 2.10. The number of halogens is 1. The van der Waals surface area contributed by atoms with Gasteiger partial charge in [-0.05, 0) is 42.7 Å². The molecule has 1 amide bonds. The second-order valence-electron chi connectivity index (χ2n) is 5.72. The molecule has 4 nitrogen and oxygen atoms in total. The van der Waals surface area contributed by atoms with E-state index in [-0.39, 0.29) is 36.0 Å². The van der Waals surface area contributed by atoms with Crippen molar-refractivity contribution in [2.45, 2.75) is 33.6 Å². The first kappa shape index (κ1) is 18.6. The standard InChI is InChI=1S/C20H22FNO3/c1-4-14-8-6-7-13(3)20(14)22-19(24)12-25-18-10-9-15(21)11-16(18)17(23)5-2/h6-11H,4-5,12H2,1-3H3,(H,22,24). The summed E-state index contributed by atoms with van der Waals surface area (Å²) in [6.07, 6.45) is 1.03. The summed E-state index contributed by atoms with van der Waals surface area (Å²) < 4.78 is 18.8.